The molecule has 0 saturated carbocycles. The lowest BCUT2D eigenvalue weighted by Crippen LogP contribution is -2.28. The van der Waals surface area contributed by atoms with Crippen LogP contribution in [0.25, 0.3) is 0 Å². The van der Waals surface area contributed by atoms with E-state index in [0.29, 0.717) is 13.1 Å². The molecular weight excluding hydrogens is 290 g/mol. The van der Waals surface area contributed by atoms with Gasteiger partial charge in [0.25, 0.3) is 10.0 Å². The smallest absolute Gasteiger partial charge is 0.276 e. The third kappa shape index (κ3) is 2.56. The van der Waals surface area contributed by atoms with Crippen LogP contribution in [0.15, 0.2) is 52.2 Å². The van der Waals surface area contributed by atoms with E-state index in [-0.39, 0.29) is 11.0 Å². The molecule has 3 rings (SSSR count). The molecular formula is C15H17NO4S. The topological polar surface area (TPSA) is 59.8 Å². The Labute approximate surface area is 124 Å². The fraction of sp³-hybridized carbons (Fsp3) is 0.333. The van der Waals surface area contributed by atoms with Crippen LogP contribution in [0, 0.1) is 0 Å². The molecule has 0 radical (unpaired) electrons. The maximum absolute atomic E-state index is 12.4. The Balaban J connectivity index is 1.83. The maximum Gasteiger partial charge on any atom is 0.276 e. The van der Waals surface area contributed by atoms with E-state index in [9.17, 15) is 8.42 Å². The van der Waals surface area contributed by atoms with Crippen LogP contribution >= 0.6 is 0 Å². The molecule has 0 N–H and O–H groups in total. The van der Waals surface area contributed by atoms with Crippen LogP contribution in [0.3, 0.4) is 0 Å². The molecule has 1 aromatic heterocycles. The van der Waals surface area contributed by atoms with Crippen molar-refractivity contribution in [1.82, 2.24) is 4.31 Å². The van der Waals surface area contributed by atoms with E-state index in [1.165, 1.54) is 16.6 Å². The van der Waals surface area contributed by atoms with Gasteiger partial charge in [0.2, 0.25) is 5.09 Å². The van der Waals surface area contributed by atoms with Crippen molar-refractivity contribution in [2.24, 2.45) is 0 Å². The Morgan fingerprint density at radius 3 is 2.76 bits per heavy atom. The second-order valence-electron chi connectivity index (χ2n) is 5.02. The molecule has 0 bridgehead atoms. The van der Waals surface area contributed by atoms with Crippen LogP contribution in [0.2, 0.25) is 0 Å². The Morgan fingerprint density at radius 2 is 2.05 bits per heavy atom. The fourth-order valence-electron chi connectivity index (χ4n) is 2.74. The molecule has 1 saturated heterocycles. The zero-order valence-electron chi connectivity index (χ0n) is 11.7. The van der Waals surface area contributed by atoms with Gasteiger partial charge in [0.15, 0.2) is 0 Å². The van der Waals surface area contributed by atoms with Gasteiger partial charge in [-0.3, -0.25) is 0 Å². The minimum Gasteiger partial charge on any atom is -0.496 e. The second-order valence-corrected chi connectivity index (χ2v) is 6.89. The number of nitrogens with zero attached hydrogens (tertiary/aromatic N) is 1. The molecule has 1 aliphatic heterocycles. The molecule has 1 aromatic carbocycles. The number of benzene rings is 1. The number of hydrogen-bond donors (Lipinski definition) is 0. The summed E-state index contributed by atoms with van der Waals surface area (Å²) in [5, 5.41) is 0.00294. The monoisotopic (exact) mass is 307 g/mol. The number of ether oxygens (including phenoxy) is 1. The average molecular weight is 307 g/mol. The third-order valence-corrected chi connectivity index (χ3v) is 5.57. The zero-order valence-corrected chi connectivity index (χ0v) is 12.5. The fourth-order valence-corrected chi connectivity index (χ4v) is 4.15. The van der Waals surface area contributed by atoms with E-state index < -0.39 is 10.0 Å². The standard InChI is InChI=1S/C15H17NO4S/c1-19-14-6-3-2-5-13(14)12-8-9-16(11-12)21(17,18)15-7-4-10-20-15/h2-7,10,12H,8-9,11H2,1H3/t12-/m0/s1. The molecule has 1 atom stereocenters. The van der Waals surface area contributed by atoms with Crippen molar-refractivity contribution in [1.29, 1.82) is 0 Å². The van der Waals surface area contributed by atoms with E-state index in [1.807, 2.05) is 24.3 Å². The normalized spacial score (nSPS) is 19.8. The summed E-state index contributed by atoms with van der Waals surface area (Å²) in [5.74, 6) is 0.950. The summed E-state index contributed by atoms with van der Waals surface area (Å²) in [5.41, 5.74) is 1.05. The summed E-state index contributed by atoms with van der Waals surface area (Å²) in [4.78, 5) is 0. The third-order valence-electron chi connectivity index (χ3n) is 3.82. The number of para-hydroxylation sites is 1. The van der Waals surface area contributed by atoms with Gasteiger partial charge in [0.05, 0.1) is 13.4 Å². The summed E-state index contributed by atoms with van der Waals surface area (Å²) in [6.45, 7) is 0.940. The van der Waals surface area contributed by atoms with Gasteiger partial charge in [-0.1, -0.05) is 18.2 Å². The molecule has 112 valence electrons. The molecule has 1 aliphatic rings. The van der Waals surface area contributed by atoms with Crippen LogP contribution in [-0.4, -0.2) is 32.9 Å². The van der Waals surface area contributed by atoms with Crippen molar-refractivity contribution < 1.29 is 17.6 Å². The molecule has 0 aliphatic carbocycles. The molecule has 0 unspecified atom stereocenters. The Kier molecular flexibility index (Phi) is 3.73. The Hall–Kier alpha value is -1.79. The molecule has 5 nitrogen and oxygen atoms in total. The number of rotatable bonds is 4. The molecule has 0 spiro atoms. The molecule has 6 heteroatoms. The lowest BCUT2D eigenvalue weighted by Gasteiger charge is -2.16. The summed E-state index contributed by atoms with van der Waals surface area (Å²) in [6.07, 6.45) is 2.15. The average Bonchev–Trinajstić information content (AvgIpc) is 3.18. The minimum atomic E-state index is -3.53. The molecule has 0 amide bonds. The summed E-state index contributed by atoms with van der Waals surface area (Å²) < 4.78 is 36.7. The summed E-state index contributed by atoms with van der Waals surface area (Å²) in [7, 11) is -1.90. The highest BCUT2D eigenvalue weighted by molar-refractivity contribution is 7.89. The van der Waals surface area contributed by atoms with Crippen LogP contribution < -0.4 is 4.74 Å². The van der Waals surface area contributed by atoms with Crippen LogP contribution in [0.4, 0.5) is 0 Å². The number of hydrogen-bond acceptors (Lipinski definition) is 4. The van der Waals surface area contributed by atoms with Gasteiger partial charge >= 0.3 is 0 Å². The van der Waals surface area contributed by atoms with Crippen molar-refractivity contribution in [3.05, 3.63) is 48.2 Å². The highest BCUT2D eigenvalue weighted by atomic mass is 32.2. The van der Waals surface area contributed by atoms with Crippen LogP contribution in [0.1, 0.15) is 17.9 Å². The quantitative estimate of drug-likeness (QED) is 0.870. The predicted molar refractivity (Wildman–Crippen MR) is 77.8 cm³/mol. The van der Waals surface area contributed by atoms with Crippen molar-refractivity contribution in [3.8, 4) is 5.75 Å². The molecule has 2 heterocycles. The van der Waals surface area contributed by atoms with Gasteiger partial charge in [0, 0.05) is 19.0 Å². The first kappa shape index (κ1) is 14.2. The Morgan fingerprint density at radius 1 is 1.24 bits per heavy atom. The second kappa shape index (κ2) is 5.54. The van der Waals surface area contributed by atoms with Crippen molar-refractivity contribution in [2.75, 3.05) is 20.2 Å². The molecule has 2 aromatic rings. The van der Waals surface area contributed by atoms with Gasteiger partial charge in [-0.2, -0.15) is 4.31 Å². The van der Waals surface area contributed by atoms with Crippen LogP contribution in [0.5, 0.6) is 5.75 Å². The first-order valence-corrected chi connectivity index (χ1v) is 8.23. The van der Waals surface area contributed by atoms with E-state index >= 15 is 0 Å². The zero-order chi connectivity index (χ0) is 14.9. The van der Waals surface area contributed by atoms with Crippen molar-refractivity contribution in [3.63, 3.8) is 0 Å². The lowest BCUT2D eigenvalue weighted by atomic mass is 9.97. The van der Waals surface area contributed by atoms with E-state index in [0.717, 1.165) is 17.7 Å². The minimum absolute atomic E-state index is 0.00294. The first-order chi connectivity index (χ1) is 10.1. The number of methoxy groups -OCH3 is 1. The number of sulfonamides is 1. The number of furan rings is 1. The molecule has 21 heavy (non-hydrogen) atoms. The van der Waals surface area contributed by atoms with E-state index in [1.54, 1.807) is 13.2 Å². The Bertz CT molecular complexity index is 709. The van der Waals surface area contributed by atoms with E-state index in [4.69, 9.17) is 9.15 Å². The SMILES string of the molecule is COc1ccccc1[C@H]1CCN(S(=O)(=O)c2ccco2)C1. The van der Waals surface area contributed by atoms with Gasteiger partial charge in [0.1, 0.15) is 5.75 Å². The van der Waals surface area contributed by atoms with Gasteiger partial charge in [-0.15, -0.1) is 0 Å². The summed E-state index contributed by atoms with van der Waals surface area (Å²) in [6, 6.07) is 10.8. The van der Waals surface area contributed by atoms with Gasteiger partial charge in [-0.25, -0.2) is 8.42 Å². The van der Waals surface area contributed by atoms with Gasteiger partial charge in [-0.05, 0) is 30.2 Å². The molecule has 1 fully saturated rings. The largest absolute Gasteiger partial charge is 0.496 e. The summed E-state index contributed by atoms with van der Waals surface area (Å²) >= 11 is 0. The van der Waals surface area contributed by atoms with Crippen LogP contribution in [-0.2, 0) is 10.0 Å². The highest BCUT2D eigenvalue weighted by Gasteiger charge is 2.35. The van der Waals surface area contributed by atoms with Gasteiger partial charge < -0.3 is 9.15 Å². The highest BCUT2D eigenvalue weighted by Crippen LogP contribution is 2.35. The predicted octanol–water partition coefficient (Wildman–Crippen LogP) is 2.47. The maximum atomic E-state index is 12.4. The van der Waals surface area contributed by atoms with Crippen molar-refractivity contribution >= 4 is 10.0 Å². The van der Waals surface area contributed by atoms with E-state index in [2.05, 4.69) is 0 Å². The van der Waals surface area contributed by atoms with Crippen molar-refractivity contribution in [2.45, 2.75) is 17.4 Å². The first-order valence-electron chi connectivity index (χ1n) is 6.79. The lowest BCUT2D eigenvalue weighted by molar-refractivity contribution is 0.400.